The maximum atomic E-state index is 12.8. The third kappa shape index (κ3) is 4.83. The Hall–Kier alpha value is -2.84. The molecule has 158 valence electrons. The van der Waals surface area contributed by atoms with Crippen molar-refractivity contribution < 1.29 is 17.9 Å². The SMILES string of the molecule is CCOc1ccc(CN(C)C(=O)c2ccc(N(C)S(=O)(=O)c3cccs3)cc2)cc1. The number of hydrogen-bond acceptors (Lipinski definition) is 5. The van der Waals surface area contributed by atoms with Gasteiger partial charge in [0.1, 0.15) is 9.96 Å². The molecule has 0 aliphatic heterocycles. The van der Waals surface area contributed by atoms with Gasteiger partial charge in [0.2, 0.25) is 0 Å². The first kappa shape index (κ1) is 21.9. The fourth-order valence-electron chi connectivity index (χ4n) is 2.92. The number of carbonyl (C=O) groups is 1. The number of sulfonamides is 1. The second-order valence-electron chi connectivity index (χ2n) is 6.69. The zero-order valence-corrected chi connectivity index (χ0v) is 18.7. The van der Waals surface area contributed by atoms with Gasteiger partial charge in [0, 0.05) is 26.2 Å². The van der Waals surface area contributed by atoms with E-state index in [4.69, 9.17) is 4.74 Å². The Morgan fingerprint density at radius 1 is 1.00 bits per heavy atom. The van der Waals surface area contributed by atoms with E-state index in [1.807, 2.05) is 31.2 Å². The van der Waals surface area contributed by atoms with Crippen LogP contribution in [0.1, 0.15) is 22.8 Å². The van der Waals surface area contributed by atoms with Gasteiger partial charge in [-0.1, -0.05) is 18.2 Å². The van der Waals surface area contributed by atoms with E-state index in [9.17, 15) is 13.2 Å². The number of amides is 1. The van der Waals surface area contributed by atoms with Gasteiger partial charge in [-0.25, -0.2) is 8.42 Å². The minimum Gasteiger partial charge on any atom is -0.494 e. The molecule has 8 heteroatoms. The smallest absolute Gasteiger partial charge is 0.273 e. The van der Waals surface area contributed by atoms with Crippen molar-refractivity contribution in [2.45, 2.75) is 17.7 Å². The van der Waals surface area contributed by atoms with Crippen molar-refractivity contribution in [3.8, 4) is 5.75 Å². The summed E-state index contributed by atoms with van der Waals surface area (Å²) in [5, 5.41) is 1.72. The highest BCUT2D eigenvalue weighted by molar-refractivity contribution is 7.94. The van der Waals surface area contributed by atoms with E-state index in [0.717, 1.165) is 11.3 Å². The van der Waals surface area contributed by atoms with Crippen molar-refractivity contribution in [1.82, 2.24) is 4.90 Å². The van der Waals surface area contributed by atoms with E-state index in [2.05, 4.69) is 0 Å². The number of carbonyl (C=O) groups excluding carboxylic acids is 1. The van der Waals surface area contributed by atoms with Crippen molar-refractivity contribution in [1.29, 1.82) is 0 Å². The molecule has 0 N–H and O–H groups in total. The summed E-state index contributed by atoms with van der Waals surface area (Å²) in [7, 11) is -0.360. The second-order valence-corrected chi connectivity index (χ2v) is 9.83. The molecule has 1 aromatic heterocycles. The number of anilines is 1. The Labute approximate surface area is 181 Å². The van der Waals surface area contributed by atoms with Crippen molar-refractivity contribution in [3.05, 3.63) is 77.2 Å². The van der Waals surface area contributed by atoms with Crippen LogP contribution in [0, 0.1) is 0 Å². The van der Waals surface area contributed by atoms with Crippen LogP contribution >= 0.6 is 11.3 Å². The van der Waals surface area contributed by atoms with Crippen LogP contribution in [-0.2, 0) is 16.6 Å². The number of benzene rings is 2. The lowest BCUT2D eigenvalue weighted by atomic mass is 10.1. The number of rotatable bonds is 8. The summed E-state index contributed by atoms with van der Waals surface area (Å²) >= 11 is 1.17. The largest absolute Gasteiger partial charge is 0.494 e. The molecule has 0 fully saturated rings. The number of hydrogen-bond donors (Lipinski definition) is 0. The summed E-state index contributed by atoms with van der Waals surface area (Å²) in [4.78, 5) is 14.4. The first-order valence-electron chi connectivity index (χ1n) is 9.42. The number of nitrogens with zero attached hydrogens (tertiary/aromatic N) is 2. The molecule has 1 amide bonds. The van der Waals surface area contributed by atoms with Gasteiger partial charge in [0.05, 0.1) is 12.3 Å². The fourth-order valence-corrected chi connectivity index (χ4v) is 5.28. The molecule has 0 spiro atoms. The molecule has 3 rings (SSSR count). The van der Waals surface area contributed by atoms with Gasteiger partial charge in [0.15, 0.2) is 0 Å². The zero-order chi connectivity index (χ0) is 21.7. The molecule has 30 heavy (non-hydrogen) atoms. The van der Waals surface area contributed by atoms with Crippen LogP contribution in [0.2, 0.25) is 0 Å². The monoisotopic (exact) mass is 444 g/mol. The minimum atomic E-state index is -3.60. The van der Waals surface area contributed by atoms with Crippen LogP contribution in [0.5, 0.6) is 5.75 Å². The Morgan fingerprint density at radius 3 is 2.23 bits per heavy atom. The van der Waals surface area contributed by atoms with Gasteiger partial charge < -0.3 is 9.64 Å². The molecule has 0 aliphatic carbocycles. The summed E-state index contributed by atoms with van der Waals surface area (Å²) < 4.78 is 32.2. The van der Waals surface area contributed by atoms with E-state index >= 15 is 0 Å². The van der Waals surface area contributed by atoms with E-state index in [0.29, 0.717) is 24.4 Å². The lowest BCUT2D eigenvalue weighted by Gasteiger charge is -2.20. The second kappa shape index (κ2) is 9.32. The highest BCUT2D eigenvalue weighted by atomic mass is 32.2. The van der Waals surface area contributed by atoms with Crippen LogP contribution in [0.25, 0.3) is 0 Å². The summed E-state index contributed by atoms with van der Waals surface area (Å²) in [6, 6.07) is 17.5. The summed E-state index contributed by atoms with van der Waals surface area (Å²) in [5.74, 6) is 0.659. The quantitative estimate of drug-likeness (QED) is 0.521. The van der Waals surface area contributed by atoms with E-state index in [1.165, 1.54) is 22.7 Å². The third-order valence-corrected chi connectivity index (χ3v) is 7.75. The van der Waals surface area contributed by atoms with Crippen molar-refractivity contribution in [3.63, 3.8) is 0 Å². The lowest BCUT2D eigenvalue weighted by molar-refractivity contribution is 0.0785. The highest BCUT2D eigenvalue weighted by Crippen LogP contribution is 2.25. The van der Waals surface area contributed by atoms with E-state index in [-0.39, 0.29) is 10.1 Å². The normalized spacial score (nSPS) is 11.2. The molecule has 0 bridgehead atoms. The van der Waals surface area contributed by atoms with Crippen molar-refractivity contribution in [2.24, 2.45) is 0 Å². The molecule has 3 aromatic rings. The number of ether oxygens (including phenoxy) is 1. The first-order chi connectivity index (χ1) is 14.3. The third-order valence-electron chi connectivity index (χ3n) is 4.59. The van der Waals surface area contributed by atoms with Crippen LogP contribution in [0.15, 0.2) is 70.3 Å². The number of thiophene rings is 1. The molecular weight excluding hydrogens is 420 g/mol. The Balaban J connectivity index is 1.68. The van der Waals surface area contributed by atoms with Gasteiger partial charge in [-0.3, -0.25) is 9.10 Å². The zero-order valence-electron chi connectivity index (χ0n) is 17.1. The molecule has 6 nitrogen and oxygen atoms in total. The topological polar surface area (TPSA) is 66.9 Å². The summed E-state index contributed by atoms with van der Waals surface area (Å²) in [5.41, 5.74) is 1.98. The molecule has 0 saturated heterocycles. The predicted octanol–water partition coefficient (Wildman–Crippen LogP) is 4.24. The van der Waals surface area contributed by atoms with Gasteiger partial charge in [0.25, 0.3) is 15.9 Å². The maximum absolute atomic E-state index is 12.8. The van der Waals surface area contributed by atoms with Crippen molar-refractivity contribution >= 4 is 33.0 Å². The molecule has 0 atom stereocenters. The highest BCUT2D eigenvalue weighted by Gasteiger charge is 2.22. The van der Waals surface area contributed by atoms with E-state index in [1.54, 1.807) is 53.7 Å². The molecular formula is C22H24N2O4S2. The predicted molar refractivity (Wildman–Crippen MR) is 120 cm³/mol. The van der Waals surface area contributed by atoms with Gasteiger partial charge in [-0.15, -0.1) is 11.3 Å². The van der Waals surface area contributed by atoms with Crippen molar-refractivity contribution in [2.75, 3.05) is 25.0 Å². The van der Waals surface area contributed by atoms with Gasteiger partial charge >= 0.3 is 0 Å². The van der Waals surface area contributed by atoms with Gasteiger partial charge in [-0.05, 0) is 60.3 Å². The van der Waals surface area contributed by atoms with Crippen LogP contribution in [0.4, 0.5) is 5.69 Å². The van der Waals surface area contributed by atoms with Gasteiger partial charge in [-0.2, -0.15) is 0 Å². The maximum Gasteiger partial charge on any atom is 0.273 e. The first-order valence-corrected chi connectivity index (χ1v) is 11.7. The molecule has 0 radical (unpaired) electrons. The average molecular weight is 445 g/mol. The molecule has 2 aromatic carbocycles. The fraction of sp³-hybridized carbons (Fsp3) is 0.227. The summed E-state index contributed by atoms with van der Waals surface area (Å²) in [6.07, 6.45) is 0. The molecule has 0 aliphatic rings. The van der Waals surface area contributed by atoms with E-state index < -0.39 is 10.0 Å². The standard InChI is InChI=1S/C22H24N2O4S2/c1-4-28-20-13-7-17(8-14-20)16-23(2)22(25)18-9-11-19(12-10-18)24(3)30(26,27)21-6-5-15-29-21/h5-15H,4,16H2,1-3H3. The summed E-state index contributed by atoms with van der Waals surface area (Å²) in [6.45, 7) is 3.00. The minimum absolute atomic E-state index is 0.140. The molecule has 0 saturated carbocycles. The molecule has 1 heterocycles. The Morgan fingerprint density at radius 2 is 1.67 bits per heavy atom. The van der Waals surface area contributed by atoms with Crippen LogP contribution < -0.4 is 9.04 Å². The molecule has 0 unspecified atom stereocenters. The Bertz CT molecular complexity index is 1080. The van der Waals surface area contributed by atoms with Crippen LogP contribution in [0.3, 0.4) is 0 Å². The average Bonchev–Trinajstić information content (AvgIpc) is 3.30. The van der Waals surface area contributed by atoms with Crippen LogP contribution in [-0.4, -0.2) is 39.9 Å². The Kier molecular flexibility index (Phi) is 6.79. The lowest BCUT2D eigenvalue weighted by Crippen LogP contribution is -2.27.